The van der Waals surface area contributed by atoms with Gasteiger partial charge in [-0.25, -0.2) is 0 Å². The van der Waals surface area contributed by atoms with E-state index in [1.54, 1.807) is 6.92 Å². The Kier molecular flexibility index (Phi) is 3.63. The fraction of sp³-hybridized carbons (Fsp3) is 0.800. The second-order valence-corrected chi connectivity index (χ2v) is 4.15. The summed E-state index contributed by atoms with van der Waals surface area (Å²) in [5, 5.41) is 2.82. The average molecular weight is 198 g/mol. The van der Waals surface area contributed by atoms with Gasteiger partial charge in [0.1, 0.15) is 5.78 Å². The largest absolute Gasteiger partial charge is 0.353 e. The zero-order valence-corrected chi connectivity index (χ0v) is 9.04. The molecule has 0 radical (unpaired) electrons. The van der Waals surface area contributed by atoms with E-state index in [-0.39, 0.29) is 23.7 Å². The molecule has 0 aromatic carbocycles. The molecule has 1 heterocycles. The predicted octanol–water partition coefficient (Wildman–Crippen LogP) is 0.0318. The molecule has 0 spiro atoms. The molecule has 0 bridgehead atoms. The molecule has 1 saturated heterocycles. The van der Waals surface area contributed by atoms with E-state index in [1.807, 2.05) is 18.7 Å². The van der Waals surface area contributed by atoms with Gasteiger partial charge in [-0.2, -0.15) is 0 Å². The Labute approximate surface area is 84.7 Å². The summed E-state index contributed by atoms with van der Waals surface area (Å²) in [4.78, 5) is 24.5. The molecule has 0 aliphatic carbocycles. The number of hydrogen-bond acceptors (Lipinski definition) is 3. The van der Waals surface area contributed by atoms with Gasteiger partial charge in [-0.3, -0.25) is 14.5 Å². The van der Waals surface area contributed by atoms with Gasteiger partial charge in [0, 0.05) is 13.1 Å². The third kappa shape index (κ3) is 2.54. The van der Waals surface area contributed by atoms with E-state index < -0.39 is 0 Å². The van der Waals surface area contributed by atoms with Crippen LogP contribution >= 0.6 is 0 Å². The summed E-state index contributed by atoms with van der Waals surface area (Å²) in [6.07, 6.45) is 0. The maximum absolute atomic E-state index is 11.6. The first-order valence-electron chi connectivity index (χ1n) is 5.03. The molecule has 80 valence electrons. The van der Waals surface area contributed by atoms with Crippen LogP contribution in [0, 0.1) is 5.92 Å². The molecule has 1 aliphatic heterocycles. The zero-order chi connectivity index (χ0) is 10.7. The Morgan fingerprint density at radius 1 is 1.64 bits per heavy atom. The summed E-state index contributed by atoms with van der Waals surface area (Å²) < 4.78 is 0. The van der Waals surface area contributed by atoms with E-state index in [9.17, 15) is 9.59 Å². The molecule has 1 amide bonds. The van der Waals surface area contributed by atoms with E-state index >= 15 is 0 Å². The van der Waals surface area contributed by atoms with E-state index in [0.29, 0.717) is 13.1 Å². The van der Waals surface area contributed by atoms with Crippen molar-refractivity contribution in [2.24, 2.45) is 5.92 Å². The average Bonchev–Trinajstić information content (AvgIpc) is 2.01. The lowest BCUT2D eigenvalue weighted by atomic mass is 9.99. The predicted molar refractivity (Wildman–Crippen MR) is 53.9 cm³/mol. The highest BCUT2D eigenvalue weighted by atomic mass is 16.2. The molecular formula is C10H18N2O2. The minimum absolute atomic E-state index is 0.0486. The molecular weight excluding hydrogens is 180 g/mol. The first-order chi connectivity index (χ1) is 6.52. The van der Waals surface area contributed by atoms with Crippen LogP contribution in [0.4, 0.5) is 0 Å². The van der Waals surface area contributed by atoms with Crippen LogP contribution in [-0.2, 0) is 9.59 Å². The maximum atomic E-state index is 11.6. The van der Waals surface area contributed by atoms with Crippen molar-refractivity contribution in [3.8, 4) is 0 Å². The quantitative estimate of drug-likeness (QED) is 0.696. The molecule has 0 aromatic rings. The maximum Gasteiger partial charge on any atom is 0.237 e. The Bertz CT molecular complexity index is 238. The lowest BCUT2D eigenvalue weighted by Gasteiger charge is -2.36. The van der Waals surface area contributed by atoms with Crippen molar-refractivity contribution in [1.29, 1.82) is 0 Å². The lowest BCUT2D eigenvalue weighted by molar-refractivity contribution is -0.132. The van der Waals surface area contributed by atoms with Crippen LogP contribution in [0.3, 0.4) is 0 Å². The van der Waals surface area contributed by atoms with Gasteiger partial charge in [-0.15, -0.1) is 0 Å². The Hall–Kier alpha value is -0.900. The second kappa shape index (κ2) is 4.55. The topological polar surface area (TPSA) is 49.4 Å². The van der Waals surface area contributed by atoms with Gasteiger partial charge in [0.15, 0.2) is 0 Å². The van der Waals surface area contributed by atoms with Crippen molar-refractivity contribution in [1.82, 2.24) is 10.2 Å². The van der Waals surface area contributed by atoms with Gasteiger partial charge in [-0.05, 0) is 12.8 Å². The number of amides is 1. The zero-order valence-electron chi connectivity index (χ0n) is 9.04. The molecule has 0 aromatic heterocycles. The van der Waals surface area contributed by atoms with Crippen molar-refractivity contribution in [2.45, 2.75) is 26.8 Å². The van der Waals surface area contributed by atoms with E-state index in [0.717, 1.165) is 6.54 Å². The summed E-state index contributed by atoms with van der Waals surface area (Å²) in [7, 11) is 0. The first kappa shape index (κ1) is 11.2. The number of ketones is 1. The van der Waals surface area contributed by atoms with Crippen molar-refractivity contribution in [3.05, 3.63) is 0 Å². The van der Waals surface area contributed by atoms with Gasteiger partial charge >= 0.3 is 0 Å². The molecule has 1 aliphatic rings. The molecule has 0 saturated carbocycles. The SMILES string of the molecule is CC(=O)CN1CCNC(=O)C1C(C)C. The summed E-state index contributed by atoms with van der Waals surface area (Å²) in [6, 6.07) is -0.146. The van der Waals surface area contributed by atoms with Crippen LogP contribution in [0.15, 0.2) is 0 Å². The number of carbonyl (C=O) groups excluding carboxylic acids is 2. The minimum Gasteiger partial charge on any atom is -0.353 e. The van der Waals surface area contributed by atoms with Crippen molar-refractivity contribution in [2.75, 3.05) is 19.6 Å². The van der Waals surface area contributed by atoms with Gasteiger partial charge in [-0.1, -0.05) is 13.8 Å². The highest BCUT2D eigenvalue weighted by Gasteiger charge is 2.32. The number of nitrogens with one attached hydrogen (secondary N) is 1. The number of hydrogen-bond donors (Lipinski definition) is 1. The van der Waals surface area contributed by atoms with Gasteiger partial charge in [0.25, 0.3) is 0 Å². The molecule has 4 heteroatoms. The number of nitrogens with zero attached hydrogens (tertiary/aromatic N) is 1. The fourth-order valence-corrected chi connectivity index (χ4v) is 1.92. The lowest BCUT2D eigenvalue weighted by Crippen LogP contribution is -2.58. The fourth-order valence-electron chi connectivity index (χ4n) is 1.92. The summed E-state index contributed by atoms with van der Waals surface area (Å²) in [5.41, 5.74) is 0. The molecule has 1 unspecified atom stereocenters. The summed E-state index contributed by atoms with van der Waals surface area (Å²) in [5.74, 6) is 0.410. The van der Waals surface area contributed by atoms with E-state index in [4.69, 9.17) is 0 Å². The Morgan fingerprint density at radius 3 is 2.79 bits per heavy atom. The van der Waals surface area contributed by atoms with Crippen LogP contribution in [0.1, 0.15) is 20.8 Å². The van der Waals surface area contributed by atoms with Crippen LogP contribution in [0.25, 0.3) is 0 Å². The van der Waals surface area contributed by atoms with Crippen molar-refractivity contribution < 1.29 is 9.59 Å². The standard InChI is InChI=1S/C10H18N2O2/c1-7(2)9-10(14)11-4-5-12(9)6-8(3)13/h7,9H,4-6H2,1-3H3,(H,11,14). The molecule has 14 heavy (non-hydrogen) atoms. The molecule has 1 fully saturated rings. The first-order valence-corrected chi connectivity index (χ1v) is 5.03. The molecule has 1 N–H and O–H groups in total. The second-order valence-electron chi connectivity index (χ2n) is 4.15. The van der Waals surface area contributed by atoms with Gasteiger partial charge < -0.3 is 5.32 Å². The van der Waals surface area contributed by atoms with E-state index in [2.05, 4.69) is 5.32 Å². The van der Waals surface area contributed by atoms with Crippen LogP contribution < -0.4 is 5.32 Å². The number of carbonyl (C=O) groups is 2. The number of piperazine rings is 1. The number of Topliss-reactive ketones (excluding diaryl/α,β-unsaturated/α-hetero) is 1. The van der Waals surface area contributed by atoms with Gasteiger partial charge in [0.05, 0.1) is 12.6 Å². The summed E-state index contributed by atoms with van der Waals surface area (Å²) in [6.45, 7) is 7.37. The molecule has 1 atom stereocenters. The molecule has 1 rings (SSSR count). The van der Waals surface area contributed by atoms with Crippen LogP contribution in [-0.4, -0.2) is 42.3 Å². The van der Waals surface area contributed by atoms with Crippen molar-refractivity contribution >= 4 is 11.7 Å². The third-order valence-electron chi connectivity index (χ3n) is 2.42. The highest BCUT2D eigenvalue weighted by molar-refractivity contribution is 5.84. The molecule has 4 nitrogen and oxygen atoms in total. The normalized spacial score (nSPS) is 23.7. The number of rotatable bonds is 3. The Balaban J connectivity index is 2.69. The van der Waals surface area contributed by atoms with Crippen LogP contribution in [0.2, 0.25) is 0 Å². The Morgan fingerprint density at radius 2 is 2.29 bits per heavy atom. The van der Waals surface area contributed by atoms with Gasteiger partial charge in [0.2, 0.25) is 5.91 Å². The van der Waals surface area contributed by atoms with Crippen LogP contribution in [0.5, 0.6) is 0 Å². The smallest absolute Gasteiger partial charge is 0.237 e. The minimum atomic E-state index is -0.146. The highest BCUT2D eigenvalue weighted by Crippen LogP contribution is 2.13. The van der Waals surface area contributed by atoms with E-state index in [1.165, 1.54) is 0 Å². The third-order valence-corrected chi connectivity index (χ3v) is 2.42. The van der Waals surface area contributed by atoms with Crippen molar-refractivity contribution in [3.63, 3.8) is 0 Å². The summed E-state index contributed by atoms with van der Waals surface area (Å²) >= 11 is 0. The monoisotopic (exact) mass is 198 g/mol.